The van der Waals surface area contributed by atoms with Gasteiger partial charge in [0.15, 0.2) is 11.0 Å². The highest BCUT2D eigenvalue weighted by atomic mass is 35.5. The van der Waals surface area contributed by atoms with Crippen LogP contribution in [0.4, 0.5) is 0 Å². The van der Waals surface area contributed by atoms with Crippen molar-refractivity contribution in [2.24, 2.45) is 0 Å². The van der Waals surface area contributed by atoms with Crippen molar-refractivity contribution in [3.8, 4) is 11.4 Å². The zero-order chi connectivity index (χ0) is 11.0. The van der Waals surface area contributed by atoms with E-state index in [2.05, 4.69) is 25.4 Å². The maximum absolute atomic E-state index is 5.93. The summed E-state index contributed by atoms with van der Waals surface area (Å²) in [5.74, 6) is 0.571. The average molecular weight is 232 g/mol. The van der Waals surface area contributed by atoms with Crippen molar-refractivity contribution in [1.29, 1.82) is 0 Å². The Bertz CT molecular complexity index is 634. The first-order valence-electron chi connectivity index (χ1n) is 4.62. The third kappa shape index (κ3) is 1.42. The Labute approximate surface area is 95.5 Å². The van der Waals surface area contributed by atoms with Crippen LogP contribution in [0.1, 0.15) is 0 Å². The van der Waals surface area contributed by atoms with Gasteiger partial charge in [-0.25, -0.2) is 4.98 Å². The number of nitrogens with one attached hydrogen (secondary N) is 1. The molecule has 0 saturated heterocycles. The zero-order valence-corrected chi connectivity index (χ0v) is 8.81. The largest absolute Gasteiger partial charge is 0.276 e. The SMILES string of the molecule is Clc1n[nH]c2ccc(-c3nccnn3)cc12. The van der Waals surface area contributed by atoms with Crippen molar-refractivity contribution in [3.05, 3.63) is 35.7 Å². The first kappa shape index (κ1) is 9.23. The normalized spacial score (nSPS) is 10.8. The summed E-state index contributed by atoms with van der Waals surface area (Å²) in [6, 6.07) is 5.67. The van der Waals surface area contributed by atoms with Crippen LogP contribution in [-0.4, -0.2) is 25.4 Å². The molecule has 1 aromatic carbocycles. The lowest BCUT2D eigenvalue weighted by Crippen LogP contribution is -1.89. The topological polar surface area (TPSA) is 67.3 Å². The molecule has 78 valence electrons. The monoisotopic (exact) mass is 231 g/mol. The van der Waals surface area contributed by atoms with E-state index in [0.29, 0.717) is 11.0 Å². The van der Waals surface area contributed by atoms with Gasteiger partial charge in [-0.05, 0) is 18.2 Å². The zero-order valence-electron chi connectivity index (χ0n) is 8.05. The van der Waals surface area contributed by atoms with E-state index in [9.17, 15) is 0 Å². The summed E-state index contributed by atoms with van der Waals surface area (Å²) < 4.78 is 0. The van der Waals surface area contributed by atoms with Crippen molar-refractivity contribution in [1.82, 2.24) is 25.4 Å². The van der Waals surface area contributed by atoms with Crippen LogP contribution in [0, 0.1) is 0 Å². The standard InChI is InChI=1S/C10H6ClN5/c11-9-7-5-6(1-2-8(7)14-15-9)10-12-3-4-13-16-10/h1-5H,(H,14,15). The lowest BCUT2D eigenvalue weighted by atomic mass is 10.1. The molecule has 3 aromatic rings. The number of nitrogens with zero attached hydrogens (tertiary/aromatic N) is 4. The molecule has 2 heterocycles. The van der Waals surface area contributed by atoms with Gasteiger partial charge in [0.25, 0.3) is 0 Å². The number of benzene rings is 1. The third-order valence-corrected chi connectivity index (χ3v) is 2.55. The summed E-state index contributed by atoms with van der Waals surface area (Å²) in [5, 5.41) is 15.8. The highest BCUT2D eigenvalue weighted by Gasteiger charge is 2.06. The van der Waals surface area contributed by atoms with Crippen LogP contribution in [0.2, 0.25) is 5.15 Å². The summed E-state index contributed by atoms with van der Waals surface area (Å²) in [4.78, 5) is 4.12. The molecule has 16 heavy (non-hydrogen) atoms. The molecule has 0 radical (unpaired) electrons. The predicted molar refractivity (Wildman–Crippen MR) is 59.9 cm³/mol. The lowest BCUT2D eigenvalue weighted by Gasteiger charge is -1.97. The van der Waals surface area contributed by atoms with E-state index in [1.807, 2.05) is 18.2 Å². The summed E-state index contributed by atoms with van der Waals surface area (Å²) in [7, 11) is 0. The quantitative estimate of drug-likeness (QED) is 0.696. The van der Waals surface area contributed by atoms with Crippen LogP contribution in [0.25, 0.3) is 22.3 Å². The van der Waals surface area contributed by atoms with Crippen molar-refractivity contribution in [3.63, 3.8) is 0 Å². The van der Waals surface area contributed by atoms with Crippen molar-refractivity contribution in [2.45, 2.75) is 0 Å². The molecule has 6 heteroatoms. The van der Waals surface area contributed by atoms with E-state index < -0.39 is 0 Å². The Balaban J connectivity index is 2.22. The first-order valence-corrected chi connectivity index (χ1v) is 5.00. The molecular weight excluding hydrogens is 226 g/mol. The number of halogens is 1. The van der Waals surface area contributed by atoms with E-state index in [1.165, 1.54) is 6.20 Å². The van der Waals surface area contributed by atoms with Crippen LogP contribution in [0.5, 0.6) is 0 Å². The van der Waals surface area contributed by atoms with E-state index in [-0.39, 0.29) is 0 Å². The molecule has 2 aromatic heterocycles. The molecule has 0 bridgehead atoms. The number of H-pyrrole nitrogens is 1. The van der Waals surface area contributed by atoms with E-state index in [0.717, 1.165) is 16.5 Å². The van der Waals surface area contributed by atoms with Crippen LogP contribution < -0.4 is 0 Å². The maximum Gasteiger partial charge on any atom is 0.181 e. The van der Waals surface area contributed by atoms with Crippen LogP contribution in [0.3, 0.4) is 0 Å². The van der Waals surface area contributed by atoms with E-state index in [4.69, 9.17) is 11.6 Å². The molecule has 0 amide bonds. The number of aromatic nitrogens is 5. The van der Waals surface area contributed by atoms with Gasteiger partial charge in [0.05, 0.1) is 11.7 Å². The van der Waals surface area contributed by atoms with Gasteiger partial charge in [-0.2, -0.15) is 10.2 Å². The average Bonchev–Trinajstić information content (AvgIpc) is 2.72. The second-order valence-electron chi connectivity index (χ2n) is 3.24. The molecule has 3 rings (SSSR count). The van der Waals surface area contributed by atoms with E-state index in [1.54, 1.807) is 6.20 Å². The fourth-order valence-electron chi connectivity index (χ4n) is 1.50. The minimum atomic E-state index is 0.445. The molecule has 5 nitrogen and oxygen atoms in total. The Morgan fingerprint density at radius 3 is 2.94 bits per heavy atom. The minimum Gasteiger partial charge on any atom is -0.276 e. The molecule has 0 aliphatic rings. The summed E-state index contributed by atoms with van der Waals surface area (Å²) in [6.45, 7) is 0. The molecule has 0 saturated carbocycles. The minimum absolute atomic E-state index is 0.445. The van der Waals surface area contributed by atoms with Gasteiger partial charge in [0, 0.05) is 17.1 Å². The van der Waals surface area contributed by atoms with Crippen LogP contribution in [-0.2, 0) is 0 Å². The first-order chi connectivity index (χ1) is 7.84. The molecule has 0 aliphatic heterocycles. The van der Waals surface area contributed by atoms with Crippen molar-refractivity contribution in [2.75, 3.05) is 0 Å². The molecule has 0 spiro atoms. The second-order valence-corrected chi connectivity index (χ2v) is 3.60. The van der Waals surface area contributed by atoms with Gasteiger partial charge in [0.2, 0.25) is 0 Å². The number of hydrogen-bond donors (Lipinski definition) is 1. The smallest absolute Gasteiger partial charge is 0.181 e. The van der Waals surface area contributed by atoms with Gasteiger partial charge >= 0.3 is 0 Å². The highest BCUT2D eigenvalue weighted by molar-refractivity contribution is 6.34. The molecule has 0 unspecified atom stereocenters. The summed E-state index contributed by atoms with van der Waals surface area (Å²) >= 11 is 5.93. The number of rotatable bonds is 1. The fourth-order valence-corrected chi connectivity index (χ4v) is 1.70. The van der Waals surface area contributed by atoms with Gasteiger partial charge in [-0.3, -0.25) is 5.10 Å². The van der Waals surface area contributed by atoms with Gasteiger partial charge in [-0.1, -0.05) is 11.6 Å². The van der Waals surface area contributed by atoms with Gasteiger partial charge < -0.3 is 0 Å². The number of fused-ring (bicyclic) bond motifs is 1. The molecule has 0 aliphatic carbocycles. The number of aromatic amines is 1. The van der Waals surface area contributed by atoms with Gasteiger partial charge in [-0.15, -0.1) is 5.10 Å². The molecule has 0 atom stereocenters. The number of hydrogen-bond acceptors (Lipinski definition) is 4. The Morgan fingerprint density at radius 1 is 1.19 bits per heavy atom. The Morgan fingerprint density at radius 2 is 2.12 bits per heavy atom. The van der Waals surface area contributed by atoms with Crippen molar-refractivity contribution >= 4 is 22.5 Å². The highest BCUT2D eigenvalue weighted by Crippen LogP contribution is 2.24. The molecular formula is C10H6ClN5. The summed E-state index contributed by atoms with van der Waals surface area (Å²) in [5.41, 5.74) is 1.75. The van der Waals surface area contributed by atoms with Crippen LogP contribution in [0.15, 0.2) is 30.6 Å². The molecule has 1 N–H and O–H groups in total. The van der Waals surface area contributed by atoms with E-state index >= 15 is 0 Å². The Kier molecular flexibility index (Phi) is 2.04. The van der Waals surface area contributed by atoms with Crippen LogP contribution >= 0.6 is 11.6 Å². The fraction of sp³-hybridized carbons (Fsp3) is 0. The summed E-state index contributed by atoms with van der Waals surface area (Å²) in [6.07, 6.45) is 3.14. The second kappa shape index (κ2) is 3.53. The lowest BCUT2D eigenvalue weighted by molar-refractivity contribution is 0.980. The maximum atomic E-state index is 5.93. The van der Waals surface area contributed by atoms with Gasteiger partial charge in [0.1, 0.15) is 0 Å². The molecule has 0 fully saturated rings. The Hall–Kier alpha value is -2.01. The third-order valence-electron chi connectivity index (χ3n) is 2.26. The van der Waals surface area contributed by atoms with Crippen molar-refractivity contribution < 1.29 is 0 Å². The predicted octanol–water partition coefficient (Wildman–Crippen LogP) is 2.07.